The minimum Gasteiger partial charge on any atom is -0.320 e. The summed E-state index contributed by atoms with van der Waals surface area (Å²) in [5.41, 5.74) is 1.12. The highest BCUT2D eigenvalue weighted by molar-refractivity contribution is 7.14. The Balaban J connectivity index is 1.56. The fraction of sp³-hybridized carbons (Fsp3) is 0.368. The van der Waals surface area contributed by atoms with Gasteiger partial charge in [0.1, 0.15) is 10.7 Å². The molecule has 4 heterocycles. The molecule has 1 amide bonds. The summed E-state index contributed by atoms with van der Waals surface area (Å²) in [6, 6.07) is 3.03. The van der Waals surface area contributed by atoms with Gasteiger partial charge in [0.25, 0.3) is 5.91 Å². The van der Waals surface area contributed by atoms with E-state index in [1.54, 1.807) is 19.3 Å². The molecule has 5 nitrogen and oxygen atoms in total. The molecule has 1 aliphatic rings. The van der Waals surface area contributed by atoms with Gasteiger partial charge >= 0.3 is 0 Å². The van der Waals surface area contributed by atoms with Gasteiger partial charge in [-0.05, 0) is 45.2 Å². The lowest BCUT2D eigenvalue weighted by atomic mass is 9.92. The number of fused-ring (bicyclic) bond motifs is 1. The molecule has 3 aromatic heterocycles. The number of imidazole rings is 1. The summed E-state index contributed by atoms with van der Waals surface area (Å²) in [6.45, 7) is 4.75. The average molecular weight is 390 g/mol. The van der Waals surface area contributed by atoms with Crippen LogP contribution in [0.4, 0.5) is 14.5 Å². The molecule has 0 aromatic carbocycles. The summed E-state index contributed by atoms with van der Waals surface area (Å²) in [7, 11) is 0. The molecule has 8 heteroatoms. The van der Waals surface area contributed by atoms with Gasteiger partial charge in [0.05, 0.1) is 11.4 Å². The largest absolute Gasteiger partial charge is 0.320 e. The second kappa shape index (κ2) is 7.01. The number of pyridine rings is 1. The first-order chi connectivity index (χ1) is 12.9. The van der Waals surface area contributed by atoms with E-state index in [2.05, 4.69) is 22.5 Å². The van der Waals surface area contributed by atoms with Crippen LogP contribution >= 0.6 is 11.3 Å². The smallest absolute Gasteiger partial charge is 0.268 e. The second-order valence-electron chi connectivity index (χ2n) is 7.05. The van der Waals surface area contributed by atoms with Crippen molar-refractivity contribution < 1.29 is 13.6 Å². The zero-order valence-corrected chi connectivity index (χ0v) is 15.9. The molecule has 0 radical (unpaired) electrons. The van der Waals surface area contributed by atoms with Gasteiger partial charge < -0.3 is 15.0 Å². The van der Waals surface area contributed by atoms with Crippen LogP contribution < -0.4 is 10.6 Å². The van der Waals surface area contributed by atoms with Crippen LogP contribution in [0.3, 0.4) is 0 Å². The van der Waals surface area contributed by atoms with Crippen LogP contribution in [-0.4, -0.2) is 27.9 Å². The first kappa shape index (κ1) is 18.1. The van der Waals surface area contributed by atoms with E-state index in [-0.39, 0.29) is 22.1 Å². The van der Waals surface area contributed by atoms with E-state index in [0.717, 1.165) is 24.3 Å². The fourth-order valence-corrected chi connectivity index (χ4v) is 4.65. The highest BCUT2D eigenvalue weighted by Crippen LogP contribution is 2.34. The van der Waals surface area contributed by atoms with Crippen molar-refractivity contribution in [1.82, 2.24) is 14.7 Å². The number of rotatable bonds is 3. The molecule has 3 aromatic rings. The number of aromatic nitrogens is 2. The standard InChI is InChI=1S/C19H20F2N4OS/c1-10-5-12(3-4-22-10)16-7-14(20)17(27-16)19(26)24-13-6-15(21)18-23-11(2)8-25(18)9-13/h6-10,12,22H,3-5H2,1-2H3,(H,24,26). The van der Waals surface area contributed by atoms with Crippen molar-refractivity contribution >= 4 is 28.6 Å². The molecule has 0 saturated carbocycles. The predicted octanol–water partition coefficient (Wildman–Crippen LogP) is 4.09. The zero-order valence-electron chi connectivity index (χ0n) is 15.1. The number of nitrogens with one attached hydrogen (secondary N) is 2. The van der Waals surface area contributed by atoms with E-state index in [9.17, 15) is 13.6 Å². The van der Waals surface area contributed by atoms with Gasteiger partial charge in [-0.25, -0.2) is 13.8 Å². The van der Waals surface area contributed by atoms with Crippen LogP contribution in [0.5, 0.6) is 0 Å². The first-order valence-corrected chi connectivity index (χ1v) is 9.71. The quantitative estimate of drug-likeness (QED) is 0.708. The van der Waals surface area contributed by atoms with Crippen molar-refractivity contribution in [3.8, 4) is 0 Å². The fourth-order valence-electron chi connectivity index (χ4n) is 3.57. The molecule has 4 rings (SSSR count). The normalized spacial score (nSPS) is 20.1. The maximum atomic E-state index is 14.4. The van der Waals surface area contributed by atoms with Gasteiger partial charge in [0, 0.05) is 29.4 Å². The van der Waals surface area contributed by atoms with Crippen molar-refractivity contribution in [3.63, 3.8) is 0 Å². The molecule has 0 spiro atoms. The number of hydrogen-bond donors (Lipinski definition) is 2. The summed E-state index contributed by atoms with van der Waals surface area (Å²) < 4.78 is 30.1. The molecule has 27 heavy (non-hydrogen) atoms. The highest BCUT2D eigenvalue weighted by Gasteiger charge is 2.25. The third-order valence-electron chi connectivity index (χ3n) is 4.82. The Hall–Kier alpha value is -2.32. The number of amides is 1. The molecule has 2 N–H and O–H groups in total. The Bertz CT molecular complexity index is 1010. The molecular weight excluding hydrogens is 370 g/mol. The van der Waals surface area contributed by atoms with Crippen molar-refractivity contribution in [2.45, 2.75) is 38.6 Å². The van der Waals surface area contributed by atoms with Gasteiger partial charge in [0.2, 0.25) is 0 Å². The maximum Gasteiger partial charge on any atom is 0.268 e. The number of piperidine rings is 1. The predicted molar refractivity (Wildman–Crippen MR) is 102 cm³/mol. The SMILES string of the molecule is Cc1cn2cc(NC(=O)c3sc(C4CCNC(C)C4)cc3F)cc(F)c2n1. The van der Waals surface area contributed by atoms with Gasteiger partial charge in [-0.2, -0.15) is 0 Å². The summed E-state index contributed by atoms with van der Waals surface area (Å²) >= 11 is 1.18. The van der Waals surface area contributed by atoms with E-state index in [4.69, 9.17) is 0 Å². The van der Waals surface area contributed by atoms with Crippen LogP contribution in [0.2, 0.25) is 0 Å². The Labute approximate surface area is 159 Å². The molecule has 2 atom stereocenters. The maximum absolute atomic E-state index is 14.4. The minimum atomic E-state index is -0.568. The van der Waals surface area contributed by atoms with Gasteiger partial charge in [-0.15, -0.1) is 11.3 Å². The minimum absolute atomic E-state index is 0.0264. The summed E-state index contributed by atoms with van der Waals surface area (Å²) in [5.74, 6) is -1.39. The zero-order chi connectivity index (χ0) is 19.1. The van der Waals surface area contributed by atoms with Gasteiger partial charge in [0.15, 0.2) is 11.5 Å². The van der Waals surface area contributed by atoms with Gasteiger partial charge in [-0.1, -0.05) is 0 Å². The molecule has 2 unspecified atom stereocenters. The highest BCUT2D eigenvalue weighted by atomic mass is 32.1. The Kier molecular flexibility index (Phi) is 4.69. The van der Waals surface area contributed by atoms with Crippen molar-refractivity contribution in [2.75, 3.05) is 11.9 Å². The molecule has 1 saturated heterocycles. The Morgan fingerprint density at radius 2 is 2.15 bits per heavy atom. The number of hydrogen-bond acceptors (Lipinski definition) is 4. The van der Waals surface area contributed by atoms with Crippen LogP contribution in [0.1, 0.15) is 45.9 Å². The second-order valence-corrected chi connectivity index (χ2v) is 8.13. The van der Waals surface area contributed by atoms with Crippen LogP contribution in [0.25, 0.3) is 5.65 Å². The van der Waals surface area contributed by atoms with E-state index >= 15 is 0 Å². The lowest BCUT2D eigenvalue weighted by Gasteiger charge is -2.27. The molecule has 1 aliphatic heterocycles. The van der Waals surface area contributed by atoms with E-state index in [0.29, 0.717) is 11.7 Å². The molecular formula is C19H20F2N4OS. The molecule has 0 bridgehead atoms. The topological polar surface area (TPSA) is 58.4 Å². The van der Waals surface area contributed by atoms with Crippen LogP contribution in [0.15, 0.2) is 24.5 Å². The number of anilines is 1. The third kappa shape index (κ3) is 3.59. The number of thiophene rings is 1. The summed E-state index contributed by atoms with van der Waals surface area (Å²) in [6.07, 6.45) is 5.07. The monoisotopic (exact) mass is 390 g/mol. The van der Waals surface area contributed by atoms with Crippen LogP contribution in [-0.2, 0) is 0 Å². The van der Waals surface area contributed by atoms with Crippen molar-refractivity contribution in [3.05, 3.63) is 51.6 Å². The number of nitrogens with zero attached hydrogens (tertiary/aromatic N) is 2. The molecule has 1 fully saturated rings. The average Bonchev–Trinajstić information content (AvgIpc) is 3.17. The van der Waals surface area contributed by atoms with E-state index < -0.39 is 17.5 Å². The van der Waals surface area contributed by atoms with E-state index in [1.165, 1.54) is 27.9 Å². The summed E-state index contributed by atoms with van der Waals surface area (Å²) in [4.78, 5) is 17.5. The number of carbonyl (C=O) groups is 1. The van der Waals surface area contributed by atoms with Crippen LogP contribution in [0, 0.1) is 18.6 Å². The first-order valence-electron chi connectivity index (χ1n) is 8.89. The van der Waals surface area contributed by atoms with Gasteiger partial charge in [-0.3, -0.25) is 4.79 Å². The number of aryl methyl sites for hydroxylation is 1. The Morgan fingerprint density at radius 1 is 1.33 bits per heavy atom. The lowest BCUT2D eigenvalue weighted by molar-refractivity contribution is 0.102. The third-order valence-corrected chi connectivity index (χ3v) is 6.09. The van der Waals surface area contributed by atoms with Crippen molar-refractivity contribution in [1.29, 1.82) is 0 Å². The Morgan fingerprint density at radius 3 is 2.93 bits per heavy atom. The molecule has 0 aliphatic carbocycles. The summed E-state index contributed by atoms with van der Waals surface area (Å²) in [5, 5.41) is 5.97. The number of halogens is 2. The number of carbonyl (C=O) groups excluding carboxylic acids is 1. The van der Waals surface area contributed by atoms with Crippen molar-refractivity contribution in [2.24, 2.45) is 0 Å². The lowest BCUT2D eigenvalue weighted by Crippen LogP contribution is -2.34. The molecule has 142 valence electrons. The van der Waals surface area contributed by atoms with E-state index in [1.807, 2.05) is 0 Å².